The zero-order chi connectivity index (χ0) is 13.8. The molecule has 1 heterocycles. The molecule has 110 valence electrons. The Labute approximate surface area is 120 Å². The maximum Gasteiger partial charge on any atom is 0.172 e. The Morgan fingerprint density at radius 3 is 2.70 bits per heavy atom. The van der Waals surface area contributed by atoms with Gasteiger partial charge in [0.15, 0.2) is 5.79 Å². The highest BCUT2D eigenvalue weighted by molar-refractivity contribution is 5.21. The molecule has 3 rings (SSSR count). The molecule has 1 aromatic carbocycles. The Morgan fingerprint density at radius 2 is 2.00 bits per heavy atom. The van der Waals surface area contributed by atoms with Crippen molar-refractivity contribution in [2.24, 2.45) is 0 Å². The van der Waals surface area contributed by atoms with Crippen LogP contribution < -0.4 is 10.1 Å². The number of para-hydroxylation sites is 1. The van der Waals surface area contributed by atoms with E-state index in [0.717, 1.165) is 31.6 Å². The van der Waals surface area contributed by atoms with E-state index in [1.165, 1.54) is 0 Å². The Bertz CT molecular complexity index is 417. The monoisotopic (exact) mass is 277 g/mol. The highest BCUT2D eigenvalue weighted by atomic mass is 16.7. The first-order valence-electron chi connectivity index (χ1n) is 7.54. The topological polar surface area (TPSA) is 39.7 Å². The predicted octanol–water partition coefficient (Wildman–Crippen LogP) is 2.34. The van der Waals surface area contributed by atoms with Crippen LogP contribution in [0.3, 0.4) is 0 Å². The molecule has 1 aliphatic carbocycles. The van der Waals surface area contributed by atoms with Gasteiger partial charge in [-0.2, -0.15) is 0 Å². The summed E-state index contributed by atoms with van der Waals surface area (Å²) < 4.78 is 17.9. The van der Waals surface area contributed by atoms with Crippen LogP contribution in [0.5, 0.6) is 5.75 Å². The fourth-order valence-corrected chi connectivity index (χ4v) is 3.16. The molecule has 0 aromatic heterocycles. The van der Waals surface area contributed by atoms with E-state index < -0.39 is 5.79 Å². The van der Waals surface area contributed by atoms with Gasteiger partial charge in [-0.1, -0.05) is 25.1 Å². The SMILES string of the molecule is CCNC1CCC2(CC1Oc1ccccc1)OCCO2. The largest absolute Gasteiger partial charge is 0.489 e. The maximum absolute atomic E-state index is 6.18. The van der Waals surface area contributed by atoms with Crippen LogP contribution in [0, 0.1) is 0 Å². The van der Waals surface area contributed by atoms with Gasteiger partial charge in [0.25, 0.3) is 0 Å². The third-order valence-corrected chi connectivity index (χ3v) is 4.11. The van der Waals surface area contributed by atoms with Crippen molar-refractivity contribution in [2.45, 2.75) is 44.1 Å². The molecule has 1 saturated carbocycles. The lowest BCUT2D eigenvalue weighted by Gasteiger charge is -2.41. The molecule has 0 amide bonds. The minimum atomic E-state index is -0.411. The second-order valence-electron chi connectivity index (χ2n) is 5.48. The van der Waals surface area contributed by atoms with Gasteiger partial charge in [0.1, 0.15) is 11.9 Å². The standard InChI is InChI=1S/C16H23NO3/c1-2-17-14-8-9-16(18-10-11-19-16)12-15(14)20-13-6-4-3-5-7-13/h3-7,14-15,17H,2,8-12H2,1H3. The molecule has 2 fully saturated rings. The predicted molar refractivity (Wildman–Crippen MR) is 76.8 cm³/mol. The van der Waals surface area contributed by atoms with Crippen LogP contribution >= 0.6 is 0 Å². The van der Waals surface area contributed by atoms with Crippen molar-refractivity contribution in [3.05, 3.63) is 30.3 Å². The average Bonchev–Trinajstić information content (AvgIpc) is 2.92. The first-order chi connectivity index (χ1) is 9.81. The van der Waals surface area contributed by atoms with Gasteiger partial charge < -0.3 is 19.5 Å². The van der Waals surface area contributed by atoms with Crippen molar-refractivity contribution in [3.63, 3.8) is 0 Å². The van der Waals surface area contributed by atoms with Crippen molar-refractivity contribution in [2.75, 3.05) is 19.8 Å². The van der Waals surface area contributed by atoms with Crippen molar-refractivity contribution in [1.29, 1.82) is 0 Å². The molecule has 1 N–H and O–H groups in total. The van der Waals surface area contributed by atoms with Gasteiger partial charge in [0.05, 0.1) is 13.2 Å². The number of ether oxygens (including phenoxy) is 3. The molecule has 1 saturated heterocycles. The molecule has 2 aliphatic rings. The van der Waals surface area contributed by atoms with E-state index in [-0.39, 0.29) is 6.10 Å². The summed E-state index contributed by atoms with van der Waals surface area (Å²) in [6, 6.07) is 10.4. The molecule has 1 spiro atoms. The maximum atomic E-state index is 6.18. The number of likely N-dealkylation sites (N-methyl/N-ethyl adjacent to an activating group) is 1. The Morgan fingerprint density at radius 1 is 1.25 bits per heavy atom. The summed E-state index contributed by atoms with van der Waals surface area (Å²) in [6.45, 7) is 4.48. The van der Waals surface area contributed by atoms with Gasteiger partial charge in [0, 0.05) is 18.9 Å². The lowest BCUT2D eigenvalue weighted by atomic mass is 9.87. The van der Waals surface area contributed by atoms with E-state index >= 15 is 0 Å². The Kier molecular flexibility index (Phi) is 4.24. The van der Waals surface area contributed by atoms with Crippen LogP contribution in [0.1, 0.15) is 26.2 Å². The van der Waals surface area contributed by atoms with E-state index in [1.54, 1.807) is 0 Å². The first kappa shape index (κ1) is 13.9. The van der Waals surface area contributed by atoms with Crippen LogP contribution in [0.15, 0.2) is 30.3 Å². The molecule has 0 radical (unpaired) electrons. The van der Waals surface area contributed by atoms with E-state index in [2.05, 4.69) is 12.2 Å². The molecule has 2 atom stereocenters. The molecular weight excluding hydrogens is 254 g/mol. The summed E-state index contributed by atoms with van der Waals surface area (Å²) in [5.74, 6) is 0.501. The minimum Gasteiger partial charge on any atom is -0.489 e. The molecule has 1 aliphatic heterocycles. The number of hydrogen-bond donors (Lipinski definition) is 1. The first-order valence-corrected chi connectivity index (χ1v) is 7.54. The smallest absolute Gasteiger partial charge is 0.172 e. The highest BCUT2D eigenvalue weighted by Gasteiger charge is 2.46. The van der Waals surface area contributed by atoms with Crippen LogP contribution in [0.25, 0.3) is 0 Å². The number of nitrogens with one attached hydrogen (secondary N) is 1. The summed E-state index contributed by atoms with van der Waals surface area (Å²) >= 11 is 0. The molecule has 0 bridgehead atoms. The number of benzene rings is 1. The van der Waals surface area contributed by atoms with Gasteiger partial charge in [-0.3, -0.25) is 0 Å². The van der Waals surface area contributed by atoms with Gasteiger partial charge in [-0.05, 0) is 25.1 Å². The van der Waals surface area contributed by atoms with Gasteiger partial charge >= 0.3 is 0 Å². The fourth-order valence-electron chi connectivity index (χ4n) is 3.16. The third kappa shape index (κ3) is 2.97. The highest BCUT2D eigenvalue weighted by Crippen LogP contribution is 2.37. The van der Waals surface area contributed by atoms with E-state index in [1.807, 2.05) is 30.3 Å². The summed E-state index contributed by atoms with van der Waals surface area (Å²) in [7, 11) is 0. The lowest BCUT2D eigenvalue weighted by Crippen LogP contribution is -2.53. The van der Waals surface area contributed by atoms with Crippen molar-refractivity contribution < 1.29 is 14.2 Å². The van der Waals surface area contributed by atoms with E-state index in [9.17, 15) is 0 Å². The van der Waals surface area contributed by atoms with Gasteiger partial charge in [-0.25, -0.2) is 0 Å². The van der Waals surface area contributed by atoms with Crippen LogP contribution in [0.2, 0.25) is 0 Å². The Hall–Kier alpha value is -1.10. The molecule has 1 aromatic rings. The zero-order valence-corrected chi connectivity index (χ0v) is 12.0. The molecular formula is C16H23NO3. The summed E-state index contributed by atoms with van der Waals surface area (Å²) in [5.41, 5.74) is 0. The van der Waals surface area contributed by atoms with Crippen LogP contribution in [-0.4, -0.2) is 37.7 Å². The van der Waals surface area contributed by atoms with Crippen molar-refractivity contribution in [3.8, 4) is 5.75 Å². The van der Waals surface area contributed by atoms with Crippen LogP contribution in [0.4, 0.5) is 0 Å². The molecule has 4 heteroatoms. The number of rotatable bonds is 4. The molecule has 20 heavy (non-hydrogen) atoms. The van der Waals surface area contributed by atoms with Crippen LogP contribution in [-0.2, 0) is 9.47 Å². The van der Waals surface area contributed by atoms with Crippen molar-refractivity contribution >= 4 is 0 Å². The quantitative estimate of drug-likeness (QED) is 0.917. The zero-order valence-electron chi connectivity index (χ0n) is 12.0. The summed E-state index contributed by atoms with van der Waals surface area (Å²) in [4.78, 5) is 0. The van der Waals surface area contributed by atoms with Crippen molar-refractivity contribution in [1.82, 2.24) is 5.32 Å². The second kappa shape index (κ2) is 6.12. The minimum absolute atomic E-state index is 0.0872. The third-order valence-electron chi connectivity index (χ3n) is 4.11. The van der Waals surface area contributed by atoms with E-state index in [0.29, 0.717) is 19.3 Å². The Balaban J connectivity index is 1.71. The summed E-state index contributed by atoms with van der Waals surface area (Å²) in [6.07, 6.45) is 2.84. The molecule has 2 unspecified atom stereocenters. The van der Waals surface area contributed by atoms with E-state index in [4.69, 9.17) is 14.2 Å². The number of hydrogen-bond acceptors (Lipinski definition) is 4. The van der Waals surface area contributed by atoms with Gasteiger partial charge in [-0.15, -0.1) is 0 Å². The summed E-state index contributed by atoms with van der Waals surface area (Å²) in [5, 5.41) is 3.53. The molecule has 4 nitrogen and oxygen atoms in total. The average molecular weight is 277 g/mol. The van der Waals surface area contributed by atoms with Gasteiger partial charge in [0.2, 0.25) is 0 Å². The fraction of sp³-hybridized carbons (Fsp3) is 0.625. The lowest BCUT2D eigenvalue weighted by molar-refractivity contribution is -0.197. The normalized spacial score (nSPS) is 28.6. The second-order valence-corrected chi connectivity index (χ2v) is 5.48.